The zero-order valence-electron chi connectivity index (χ0n) is 9.68. The molecule has 0 unspecified atom stereocenters. The summed E-state index contributed by atoms with van der Waals surface area (Å²) in [4.78, 5) is 15.8. The molecule has 5 nitrogen and oxygen atoms in total. The Labute approximate surface area is 98.8 Å². The van der Waals surface area contributed by atoms with Crippen LogP contribution in [0.5, 0.6) is 0 Å². The van der Waals surface area contributed by atoms with Crippen molar-refractivity contribution in [3.63, 3.8) is 0 Å². The van der Waals surface area contributed by atoms with Gasteiger partial charge in [0.1, 0.15) is 11.6 Å². The van der Waals surface area contributed by atoms with Crippen molar-refractivity contribution in [1.82, 2.24) is 10.1 Å². The quantitative estimate of drug-likeness (QED) is 0.880. The SMILES string of the molecule is CC(C)c1cc(C(=O)Nc2ccccn2)no1. The summed E-state index contributed by atoms with van der Waals surface area (Å²) in [5.41, 5.74) is 0.263. The van der Waals surface area contributed by atoms with Crippen LogP contribution in [-0.2, 0) is 0 Å². The Morgan fingerprint density at radius 1 is 1.41 bits per heavy atom. The summed E-state index contributed by atoms with van der Waals surface area (Å²) in [7, 11) is 0. The lowest BCUT2D eigenvalue weighted by atomic mass is 10.1. The summed E-state index contributed by atoms with van der Waals surface area (Å²) < 4.78 is 5.05. The molecule has 0 aliphatic carbocycles. The number of aromatic nitrogens is 2. The van der Waals surface area contributed by atoms with Gasteiger partial charge < -0.3 is 9.84 Å². The molecule has 0 fully saturated rings. The van der Waals surface area contributed by atoms with E-state index in [1.54, 1.807) is 30.5 Å². The van der Waals surface area contributed by atoms with Gasteiger partial charge in [0.2, 0.25) is 0 Å². The zero-order valence-corrected chi connectivity index (χ0v) is 9.68. The Bertz CT molecular complexity index is 505. The molecule has 1 N–H and O–H groups in total. The third-order valence-corrected chi connectivity index (χ3v) is 2.24. The number of carbonyl (C=O) groups excluding carboxylic acids is 1. The number of nitrogens with one attached hydrogen (secondary N) is 1. The van der Waals surface area contributed by atoms with Crippen molar-refractivity contribution in [3.8, 4) is 0 Å². The van der Waals surface area contributed by atoms with Gasteiger partial charge in [-0.2, -0.15) is 0 Å². The Morgan fingerprint density at radius 2 is 2.24 bits per heavy atom. The Kier molecular flexibility index (Phi) is 3.18. The predicted octanol–water partition coefficient (Wildman–Crippen LogP) is 2.45. The van der Waals surface area contributed by atoms with Gasteiger partial charge in [0.05, 0.1) is 0 Å². The first-order chi connectivity index (χ1) is 8.16. The van der Waals surface area contributed by atoms with E-state index in [2.05, 4.69) is 15.5 Å². The van der Waals surface area contributed by atoms with Crippen molar-refractivity contribution in [1.29, 1.82) is 0 Å². The normalized spacial score (nSPS) is 10.5. The van der Waals surface area contributed by atoms with Gasteiger partial charge in [-0.15, -0.1) is 0 Å². The lowest BCUT2D eigenvalue weighted by Gasteiger charge is -1.99. The van der Waals surface area contributed by atoms with Gasteiger partial charge in [0.15, 0.2) is 5.69 Å². The maximum atomic E-state index is 11.8. The van der Waals surface area contributed by atoms with Gasteiger partial charge in [0, 0.05) is 18.2 Å². The van der Waals surface area contributed by atoms with Crippen LogP contribution in [0.25, 0.3) is 0 Å². The first-order valence-electron chi connectivity index (χ1n) is 5.36. The summed E-state index contributed by atoms with van der Waals surface area (Å²) in [5.74, 6) is 1.07. The standard InChI is InChI=1S/C12H13N3O2/c1-8(2)10-7-9(15-17-10)12(16)14-11-5-3-4-6-13-11/h3-8H,1-2H3,(H,13,14,16). The van der Waals surface area contributed by atoms with E-state index in [1.807, 2.05) is 13.8 Å². The van der Waals surface area contributed by atoms with E-state index in [-0.39, 0.29) is 17.5 Å². The highest BCUT2D eigenvalue weighted by molar-refractivity contribution is 6.02. The maximum absolute atomic E-state index is 11.8. The second-order valence-corrected chi connectivity index (χ2v) is 3.94. The highest BCUT2D eigenvalue weighted by Crippen LogP contribution is 2.15. The average molecular weight is 231 g/mol. The monoisotopic (exact) mass is 231 g/mol. The van der Waals surface area contributed by atoms with Gasteiger partial charge in [-0.3, -0.25) is 4.79 Å². The smallest absolute Gasteiger partial charge is 0.279 e. The first kappa shape index (κ1) is 11.3. The summed E-state index contributed by atoms with van der Waals surface area (Å²) in [6.07, 6.45) is 1.61. The molecule has 0 atom stereocenters. The molecule has 2 rings (SSSR count). The Hall–Kier alpha value is -2.17. The highest BCUT2D eigenvalue weighted by atomic mass is 16.5. The number of carbonyl (C=O) groups is 1. The molecule has 2 aromatic heterocycles. The fraction of sp³-hybridized carbons (Fsp3) is 0.250. The summed E-state index contributed by atoms with van der Waals surface area (Å²) in [6, 6.07) is 6.93. The van der Waals surface area contributed by atoms with Gasteiger partial charge in [-0.05, 0) is 12.1 Å². The molecular formula is C12H13N3O2. The zero-order chi connectivity index (χ0) is 12.3. The molecule has 0 aromatic carbocycles. The molecule has 2 heterocycles. The van der Waals surface area contributed by atoms with E-state index in [9.17, 15) is 4.79 Å². The van der Waals surface area contributed by atoms with Crippen molar-refractivity contribution < 1.29 is 9.32 Å². The van der Waals surface area contributed by atoms with Crippen molar-refractivity contribution in [2.24, 2.45) is 0 Å². The molecule has 5 heteroatoms. The molecule has 0 saturated heterocycles. The van der Waals surface area contributed by atoms with Crippen LogP contribution in [0.3, 0.4) is 0 Å². The van der Waals surface area contributed by atoms with Crippen molar-refractivity contribution in [2.75, 3.05) is 5.32 Å². The van der Waals surface area contributed by atoms with Crippen LogP contribution in [0.4, 0.5) is 5.82 Å². The van der Waals surface area contributed by atoms with E-state index < -0.39 is 0 Å². The van der Waals surface area contributed by atoms with Gasteiger partial charge in [0.25, 0.3) is 5.91 Å². The molecular weight excluding hydrogens is 218 g/mol. The number of hydrogen-bond acceptors (Lipinski definition) is 4. The van der Waals surface area contributed by atoms with E-state index in [0.29, 0.717) is 11.6 Å². The first-order valence-corrected chi connectivity index (χ1v) is 5.36. The summed E-state index contributed by atoms with van der Waals surface area (Å²) in [5, 5.41) is 6.36. The molecule has 0 aliphatic heterocycles. The average Bonchev–Trinajstić information content (AvgIpc) is 2.79. The number of amides is 1. The third-order valence-electron chi connectivity index (χ3n) is 2.24. The number of hydrogen-bond donors (Lipinski definition) is 1. The molecule has 0 radical (unpaired) electrons. The van der Waals surface area contributed by atoms with Crippen LogP contribution in [0.15, 0.2) is 35.0 Å². The fourth-order valence-electron chi connectivity index (χ4n) is 1.29. The molecule has 0 spiro atoms. The minimum atomic E-state index is -0.320. The number of pyridine rings is 1. The lowest BCUT2D eigenvalue weighted by Crippen LogP contribution is -2.12. The number of rotatable bonds is 3. The molecule has 88 valence electrons. The Balaban J connectivity index is 2.10. The van der Waals surface area contributed by atoms with Crippen LogP contribution in [-0.4, -0.2) is 16.0 Å². The number of nitrogens with zero attached hydrogens (tertiary/aromatic N) is 2. The Morgan fingerprint density at radius 3 is 2.82 bits per heavy atom. The van der Waals surface area contributed by atoms with E-state index in [1.165, 1.54) is 0 Å². The van der Waals surface area contributed by atoms with E-state index in [0.717, 1.165) is 0 Å². The minimum absolute atomic E-state index is 0.207. The fourth-order valence-corrected chi connectivity index (χ4v) is 1.29. The van der Waals surface area contributed by atoms with Crippen LogP contribution in [0.1, 0.15) is 36.0 Å². The van der Waals surface area contributed by atoms with Crippen LogP contribution in [0.2, 0.25) is 0 Å². The van der Waals surface area contributed by atoms with Crippen LogP contribution >= 0.6 is 0 Å². The van der Waals surface area contributed by atoms with Crippen molar-refractivity contribution >= 4 is 11.7 Å². The summed E-state index contributed by atoms with van der Waals surface area (Å²) in [6.45, 7) is 3.95. The second-order valence-electron chi connectivity index (χ2n) is 3.94. The minimum Gasteiger partial charge on any atom is -0.360 e. The molecule has 0 aliphatic rings. The second kappa shape index (κ2) is 4.78. The largest absolute Gasteiger partial charge is 0.360 e. The molecule has 17 heavy (non-hydrogen) atoms. The highest BCUT2D eigenvalue weighted by Gasteiger charge is 2.14. The third kappa shape index (κ3) is 2.69. The van der Waals surface area contributed by atoms with Gasteiger partial charge in [-0.1, -0.05) is 25.1 Å². The number of anilines is 1. The van der Waals surface area contributed by atoms with Crippen LogP contribution < -0.4 is 5.32 Å². The predicted molar refractivity (Wildman–Crippen MR) is 62.8 cm³/mol. The van der Waals surface area contributed by atoms with Crippen molar-refractivity contribution in [3.05, 3.63) is 41.9 Å². The van der Waals surface area contributed by atoms with Crippen LogP contribution in [0, 0.1) is 0 Å². The maximum Gasteiger partial charge on any atom is 0.279 e. The lowest BCUT2D eigenvalue weighted by molar-refractivity contribution is 0.101. The molecule has 1 amide bonds. The van der Waals surface area contributed by atoms with Crippen molar-refractivity contribution in [2.45, 2.75) is 19.8 Å². The van der Waals surface area contributed by atoms with Gasteiger partial charge >= 0.3 is 0 Å². The van der Waals surface area contributed by atoms with Gasteiger partial charge in [-0.25, -0.2) is 4.98 Å². The topological polar surface area (TPSA) is 68.0 Å². The molecule has 0 bridgehead atoms. The van der Waals surface area contributed by atoms with E-state index >= 15 is 0 Å². The molecule has 2 aromatic rings. The summed E-state index contributed by atoms with van der Waals surface area (Å²) >= 11 is 0. The van der Waals surface area contributed by atoms with E-state index in [4.69, 9.17) is 4.52 Å². The molecule has 0 saturated carbocycles.